The minimum Gasteiger partial charge on any atom is -0.467 e. The molecular formula is C9H13NO2. The van der Waals surface area contributed by atoms with Crippen LogP contribution in [0.1, 0.15) is 23.8 Å². The SMILES string of the molecule is COCc1ccoc1C1CCN1. The first kappa shape index (κ1) is 7.83. The molecule has 1 saturated heterocycles. The molecule has 0 aliphatic carbocycles. The van der Waals surface area contributed by atoms with Crippen LogP contribution in [-0.2, 0) is 11.3 Å². The predicted octanol–water partition coefficient (Wildman–Crippen LogP) is 1.46. The molecule has 2 rings (SSSR count). The van der Waals surface area contributed by atoms with Crippen LogP contribution < -0.4 is 5.32 Å². The maximum absolute atomic E-state index is 5.38. The number of hydrogen-bond donors (Lipinski definition) is 1. The molecule has 0 spiro atoms. The Hall–Kier alpha value is -0.800. The lowest BCUT2D eigenvalue weighted by Crippen LogP contribution is -2.35. The third-order valence-electron chi connectivity index (χ3n) is 2.22. The van der Waals surface area contributed by atoms with Crippen LogP contribution in [0.3, 0.4) is 0 Å². The van der Waals surface area contributed by atoms with E-state index in [0.29, 0.717) is 12.6 Å². The molecule has 1 aliphatic heterocycles. The summed E-state index contributed by atoms with van der Waals surface area (Å²) in [5.41, 5.74) is 1.16. The number of nitrogens with one attached hydrogen (secondary N) is 1. The smallest absolute Gasteiger partial charge is 0.126 e. The Bertz CT molecular complexity index is 253. The van der Waals surface area contributed by atoms with Gasteiger partial charge in [0.05, 0.1) is 18.9 Å². The summed E-state index contributed by atoms with van der Waals surface area (Å²) in [6, 6.07) is 2.39. The van der Waals surface area contributed by atoms with Crippen LogP contribution in [0.5, 0.6) is 0 Å². The highest BCUT2D eigenvalue weighted by Crippen LogP contribution is 2.26. The Kier molecular flexibility index (Phi) is 2.15. The molecule has 1 aromatic heterocycles. The van der Waals surface area contributed by atoms with Gasteiger partial charge in [0.25, 0.3) is 0 Å². The Labute approximate surface area is 71.7 Å². The van der Waals surface area contributed by atoms with Crippen molar-refractivity contribution in [3.05, 3.63) is 23.7 Å². The average Bonchev–Trinajstić information content (AvgIpc) is 2.35. The van der Waals surface area contributed by atoms with Crippen LogP contribution in [0.15, 0.2) is 16.7 Å². The van der Waals surface area contributed by atoms with E-state index >= 15 is 0 Å². The van der Waals surface area contributed by atoms with Gasteiger partial charge in [-0.2, -0.15) is 0 Å². The maximum atomic E-state index is 5.38. The van der Waals surface area contributed by atoms with Crippen LogP contribution in [-0.4, -0.2) is 13.7 Å². The monoisotopic (exact) mass is 167 g/mol. The van der Waals surface area contributed by atoms with Gasteiger partial charge in [-0.25, -0.2) is 0 Å². The van der Waals surface area contributed by atoms with Crippen molar-refractivity contribution in [2.24, 2.45) is 0 Å². The van der Waals surface area contributed by atoms with E-state index in [-0.39, 0.29) is 0 Å². The summed E-state index contributed by atoms with van der Waals surface area (Å²) in [5.74, 6) is 1.04. The number of methoxy groups -OCH3 is 1. The molecule has 0 radical (unpaired) electrons. The zero-order chi connectivity index (χ0) is 8.39. The summed E-state index contributed by atoms with van der Waals surface area (Å²) >= 11 is 0. The van der Waals surface area contributed by atoms with Gasteiger partial charge >= 0.3 is 0 Å². The van der Waals surface area contributed by atoms with Crippen molar-refractivity contribution in [1.82, 2.24) is 5.32 Å². The van der Waals surface area contributed by atoms with Crippen LogP contribution in [0.4, 0.5) is 0 Å². The first-order valence-electron chi connectivity index (χ1n) is 4.20. The molecular weight excluding hydrogens is 154 g/mol. The van der Waals surface area contributed by atoms with Crippen LogP contribution in [0, 0.1) is 0 Å². The van der Waals surface area contributed by atoms with Crippen molar-refractivity contribution in [1.29, 1.82) is 0 Å². The van der Waals surface area contributed by atoms with Gasteiger partial charge in [0, 0.05) is 12.7 Å². The highest BCUT2D eigenvalue weighted by molar-refractivity contribution is 5.21. The molecule has 1 unspecified atom stereocenters. The van der Waals surface area contributed by atoms with E-state index in [0.717, 1.165) is 17.9 Å². The molecule has 3 heteroatoms. The molecule has 0 bridgehead atoms. The van der Waals surface area contributed by atoms with Gasteiger partial charge in [0.2, 0.25) is 0 Å². The van der Waals surface area contributed by atoms with E-state index in [1.54, 1.807) is 13.4 Å². The summed E-state index contributed by atoms with van der Waals surface area (Å²) in [6.07, 6.45) is 2.90. The molecule has 0 aromatic carbocycles. The first-order valence-corrected chi connectivity index (χ1v) is 4.20. The fourth-order valence-corrected chi connectivity index (χ4v) is 1.44. The molecule has 66 valence electrons. The molecule has 1 fully saturated rings. The van der Waals surface area contributed by atoms with E-state index < -0.39 is 0 Å². The van der Waals surface area contributed by atoms with Gasteiger partial charge < -0.3 is 14.5 Å². The normalized spacial score (nSPS) is 22.2. The fourth-order valence-electron chi connectivity index (χ4n) is 1.44. The van der Waals surface area contributed by atoms with E-state index in [2.05, 4.69) is 5.32 Å². The number of rotatable bonds is 3. The number of furan rings is 1. The third-order valence-corrected chi connectivity index (χ3v) is 2.22. The van der Waals surface area contributed by atoms with Gasteiger partial charge in [-0.05, 0) is 19.0 Å². The largest absolute Gasteiger partial charge is 0.467 e. The minimum atomic E-state index is 0.421. The van der Waals surface area contributed by atoms with E-state index in [1.807, 2.05) is 6.07 Å². The highest BCUT2D eigenvalue weighted by Gasteiger charge is 2.23. The molecule has 1 atom stereocenters. The van der Waals surface area contributed by atoms with Crippen LogP contribution >= 0.6 is 0 Å². The lowest BCUT2D eigenvalue weighted by molar-refractivity contribution is 0.180. The average molecular weight is 167 g/mol. The standard InChI is InChI=1S/C9H13NO2/c1-11-6-7-3-5-12-9(7)8-2-4-10-8/h3,5,8,10H,2,4,6H2,1H3. The van der Waals surface area contributed by atoms with Gasteiger partial charge in [0.15, 0.2) is 0 Å². The second kappa shape index (κ2) is 3.29. The topological polar surface area (TPSA) is 34.4 Å². The molecule has 12 heavy (non-hydrogen) atoms. The van der Waals surface area contributed by atoms with Gasteiger partial charge in [-0.1, -0.05) is 0 Å². The lowest BCUT2D eigenvalue weighted by atomic mass is 10.0. The van der Waals surface area contributed by atoms with Gasteiger partial charge in [-0.3, -0.25) is 0 Å². The highest BCUT2D eigenvalue weighted by atomic mass is 16.5. The second-order valence-corrected chi connectivity index (χ2v) is 3.04. The summed E-state index contributed by atoms with van der Waals surface area (Å²) in [5, 5.41) is 3.30. The molecule has 1 N–H and O–H groups in total. The van der Waals surface area contributed by atoms with Crippen molar-refractivity contribution in [3.8, 4) is 0 Å². The molecule has 2 heterocycles. The first-order chi connectivity index (χ1) is 5.92. The molecule has 0 amide bonds. The quantitative estimate of drug-likeness (QED) is 0.740. The molecule has 3 nitrogen and oxygen atoms in total. The Balaban J connectivity index is 2.12. The Morgan fingerprint density at radius 1 is 1.75 bits per heavy atom. The number of hydrogen-bond acceptors (Lipinski definition) is 3. The zero-order valence-electron chi connectivity index (χ0n) is 7.17. The van der Waals surface area contributed by atoms with Crippen molar-refractivity contribution in [2.45, 2.75) is 19.1 Å². The van der Waals surface area contributed by atoms with E-state index in [1.165, 1.54) is 6.42 Å². The Morgan fingerprint density at radius 2 is 2.58 bits per heavy atom. The van der Waals surface area contributed by atoms with Gasteiger partial charge in [0.1, 0.15) is 5.76 Å². The summed E-state index contributed by atoms with van der Waals surface area (Å²) < 4.78 is 10.4. The fraction of sp³-hybridized carbons (Fsp3) is 0.556. The van der Waals surface area contributed by atoms with Crippen molar-refractivity contribution < 1.29 is 9.15 Å². The zero-order valence-corrected chi connectivity index (χ0v) is 7.17. The van der Waals surface area contributed by atoms with E-state index in [4.69, 9.17) is 9.15 Å². The maximum Gasteiger partial charge on any atom is 0.126 e. The van der Waals surface area contributed by atoms with Crippen molar-refractivity contribution in [2.75, 3.05) is 13.7 Å². The number of ether oxygens (including phenoxy) is 1. The van der Waals surface area contributed by atoms with Crippen LogP contribution in [0.25, 0.3) is 0 Å². The van der Waals surface area contributed by atoms with Crippen LogP contribution in [0.2, 0.25) is 0 Å². The molecule has 1 aromatic rings. The minimum absolute atomic E-state index is 0.421. The lowest BCUT2D eigenvalue weighted by Gasteiger charge is -2.26. The summed E-state index contributed by atoms with van der Waals surface area (Å²) in [7, 11) is 1.70. The summed E-state index contributed by atoms with van der Waals surface area (Å²) in [4.78, 5) is 0. The third kappa shape index (κ3) is 1.26. The molecule has 1 aliphatic rings. The van der Waals surface area contributed by atoms with Crippen molar-refractivity contribution >= 4 is 0 Å². The van der Waals surface area contributed by atoms with Crippen molar-refractivity contribution in [3.63, 3.8) is 0 Å². The predicted molar refractivity (Wildman–Crippen MR) is 44.8 cm³/mol. The van der Waals surface area contributed by atoms with E-state index in [9.17, 15) is 0 Å². The summed E-state index contributed by atoms with van der Waals surface area (Å²) in [6.45, 7) is 1.74. The molecule has 0 saturated carbocycles. The second-order valence-electron chi connectivity index (χ2n) is 3.04. The van der Waals surface area contributed by atoms with Gasteiger partial charge in [-0.15, -0.1) is 0 Å². The Morgan fingerprint density at radius 3 is 3.17 bits per heavy atom.